The molecule has 4 heavy (non-hydrogen) atoms. The molecule has 4 radical (unpaired) electrons. The maximum absolute atomic E-state index is 0. The van der Waals surface area contributed by atoms with Crippen molar-refractivity contribution in [2.24, 2.45) is 0 Å². The van der Waals surface area contributed by atoms with Crippen molar-refractivity contribution < 1.29 is 54.9 Å². The molecule has 4 heteroatoms. The predicted molar refractivity (Wildman–Crippen MR) is 5.75 cm³/mol. The molecule has 0 spiro atoms. The number of hydrogen-bond acceptors (Lipinski definition) is 0. The Morgan fingerprint density at radius 1 is 1.00 bits per heavy atom. The van der Waals surface area contributed by atoms with E-state index in [1.807, 2.05) is 0 Å². The topological polar surface area (TPSA) is 0 Å². The standard InChI is InChI=1S/B.Co.Fe.Pt. The van der Waals surface area contributed by atoms with Crippen molar-refractivity contribution >= 4 is 8.41 Å². The summed E-state index contributed by atoms with van der Waals surface area (Å²) < 4.78 is 0. The molecule has 0 fully saturated rings. The quantitative estimate of drug-likeness (QED) is 0.534. The molecular formula is BCoFePt. The fourth-order valence-electron chi connectivity index (χ4n) is 0. The van der Waals surface area contributed by atoms with Crippen molar-refractivity contribution in [3.63, 3.8) is 0 Å². The molecule has 0 aliphatic rings. The van der Waals surface area contributed by atoms with E-state index in [0.29, 0.717) is 0 Å². The van der Waals surface area contributed by atoms with E-state index >= 15 is 0 Å². The van der Waals surface area contributed by atoms with E-state index in [-0.39, 0.29) is 63.3 Å². The van der Waals surface area contributed by atoms with Crippen LogP contribution in [0.2, 0.25) is 0 Å². The van der Waals surface area contributed by atoms with Crippen LogP contribution in [0, 0.1) is 0 Å². The summed E-state index contributed by atoms with van der Waals surface area (Å²) in [6.07, 6.45) is 0. The second kappa shape index (κ2) is 21.6. The molecule has 0 aliphatic carbocycles. The first kappa shape index (κ1) is 41.7. The van der Waals surface area contributed by atoms with Crippen LogP contribution in [-0.2, 0) is 54.9 Å². The predicted octanol–water partition coefficient (Wildman–Crippen LogP) is -0.388. The molecule has 0 aromatic carbocycles. The molecule has 0 saturated heterocycles. The van der Waals surface area contributed by atoms with Crippen molar-refractivity contribution in [3.05, 3.63) is 0 Å². The molecule has 0 unspecified atom stereocenters. The van der Waals surface area contributed by atoms with Crippen molar-refractivity contribution in [2.45, 2.75) is 0 Å². The minimum Gasteiger partial charge on any atom is 0 e. The van der Waals surface area contributed by atoms with Gasteiger partial charge in [0.25, 0.3) is 0 Å². The molecule has 0 saturated carbocycles. The molecule has 0 nitrogen and oxygen atoms in total. The zero-order chi connectivity index (χ0) is 0. The average molecular weight is 321 g/mol. The van der Waals surface area contributed by atoms with Crippen LogP contribution in [0.25, 0.3) is 0 Å². The summed E-state index contributed by atoms with van der Waals surface area (Å²) in [4.78, 5) is 0. The molecular weight excluding hydrogens is 321 g/mol. The van der Waals surface area contributed by atoms with Gasteiger partial charge >= 0.3 is 0 Å². The van der Waals surface area contributed by atoms with Crippen molar-refractivity contribution in [1.29, 1.82) is 0 Å². The van der Waals surface area contributed by atoms with E-state index in [1.54, 1.807) is 0 Å². The van der Waals surface area contributed by atoms with Gasteiger partial charge in [-0.15, -0.1) is 0 Å². The molecule has 0 aromatic heterocycles. The Morgan fingerprint density at radius 2 is 1.00 bits per heavy atom. The van der Waals surface area contributed by atoms with Gasteiger partial charge in [-0.05, 0) is 0 Å². The number of rotatable bonds is 0. The Bertz CT molecular complexity index is 8.00. The maximum atomic E-state index is 0. The van der Waals surface area contributed by atoms with E-state index in [0.717, 1.165) is 0 Å². The molecule has 0 heterocycles. The van der Waals surface area contributed by atoms with E-state index in [4.69, 9.17) is 0 Å². The summed E-state index contributed by atoms with van der Waals surface area (Å²) in [5, 5.41) is 0. The average Bonchev–Trinajstić information content (AvgIpc) is 0. The SMILES string of the molecule is [B].[Co].[Fe].[Pt]. The van der Waals surface area contributed by atoms with Gasteiger partial charge in [-0.3, -0.25) is 0 Å². The van der Waals surface area contributed by atoms with Crippen LogP contribution in [-0.4, -0.2) is 8.41 Å². The summed E-state index contributed by atoms with van der Waals surface area (Å²) in [5.41, 5.74) is 0. The Balaban J connectivity index is 0. The van der Waals surface area contributed by atoms with E-state index in [1.165, 1.54) is 0 Å². The van der Waals surface area contributed by atoms with Crippen LogP contribution in [0.4, 0.5) is 0 Å². The molecule has 0 amide bonds. The first-order chi connectivity index (χ1) is 0. The molecule has 0 atom stereocenters. The van der Waals surface area contributed by atoms with Gasteiger partial charge in [0.2, 0.25) is 0 Å². The van der Waals surface area contributed by atoms with Crippen LogP contribution in [0.3, 0.4) is 0 Å². The van der Waals surface area contributed by atoms with Crippen molar-refractivity contribution in [1.82, 2.24) is 0 Å². The third-order valence-electron chi connectivity index (χ3n) is 0. The third kappa shape index (κ3) is 9.22. The van der Waals surface area contributed by atoms with Crippen molar-refractivity contribution in [3.8, 4) is 0 Å². The molecule has 0 aliphatic heterocycles. The van der Waals surface area contributed by atoms with Crippen molar-refractivity contribution in [2.75, 3.05) is 0 Å². The van der Waals surface area contributed by atoms with Gasteiger partial charge in [0, 0.05) is 63.3 Å². The van der Waals surface area contributed by atoms with Crippen LogP contribution < -0.4 is 0 Å². The summed E-state index contributed by atoms with van der Waals surface area (Å²) >= 11 is 0. The van der Waals surface area contributed by atoms with Crippen LogP contribution in [0.1, 0.15) is 0 Å². The zero-order valence-electron chi connectivity index (χ0n) is 1.58. The van der Waals surface area contributed by atoms with E-state index in [2.05, 4.69) is 0 Å². The smallest absolute Gasteiger partial charge is 0 e. The first-order valence-corrected chi connectivity index (χ1v) is 0. The molecule has 0 bridgehead atoms. The first-order valence-electron chi connectivity index (χ1n) is 0. The maximum Gasteiger partial charge on any atom is 0 e. The number of hydrogen-bond donors (Lipinski definition) is 0. The molecule has 0 N–H and O–H groups in total. The summed E-state index contributed by atoms with van der Waals surface area (Å²) in [6.45, 7) is 0. The van der Waals surface area contributed by atoms with Gasteiger partial charge in [0.1, 0.15) is 0 Å². The largest absolute Gasteiger partial charge is 0 e. The summed E-state index contributed by atoms with van der Waals surface area (Å²) in [7, 11) is 0. The minimum absolute atomic E-state index is 0. The normalized spacial score (nSPS) is 0. The van der Waals surface area contributed by atoms with Crippen LogP contribution >= 0.6 is 0 Å². The van der Waals surface area contributed by atoms with Gasteiger partial charge in [-0.25, -0.2) is 0 Å². The second-order valence-electron chi connectivity index (χ2n) is 0. The fraction of sp³-hybridized carbons (Fsp3) is 0. The van der Waals surface area contributed by atoms with Gasteiger partial charge in [-0.2, -0.15) is 0 Å². The Kier molecular flexibility index (Phi) is 225. The van der Waals surface area contributed by atoms with Gasteiger partial charge in [-0.1, -0.05) is 0 Å². The molecule has 0 rings (SSSR count). The Morgan fingerprint density at radius 3 is 1.00 bits per heavy atom. The fourth-order valence-corrected chi connectivity index (χ4v) is 0. The van der Waals surface area contributed by atoms with E-state index in [9.17, 15) is 0 Å². The van der Waals surface area contributed by atoms with Gasteiger partial charge in [0.05, 0.1) is 0 Å². The molecule has 0 aromatic rings. The Labute approximate surface area is 63.0 Å². The molecule has 30 valence electrons. The van der Waals surface area contributed by atoms with Crippen LogP contribution in [0.5, 0.6) is 0 Å². The second-order valence-corrected chi connectivity index (χ2v) is 0. The van der Waals surface area contributed by atoms with Gasteiger partial charge < -0.3 is 0 Å². The zero-order valence-corrected chi connectivity index (χ0v) is 6.00. The summed E-state index contributed by atoms with van der Waals surface area (Å²) in [5.74, 6) is 0. The van der Waals surface area contributed by atoms with E-state index < -0.39 is 0 Å². The minimum atomic E-state index is 0. The Hall–Kier alpha value is 1.78. The third-order valence-corrected chi connectivity index (χ3v) is 0. The summed E-state index contributed by atoms with van der Waals surface area (Å²) in [6, 6.07) is 0. The van der Waals surface area contributed by atoms with Gasteiger partial charge in [0.15, 0.2) is 0 Å². The monoisotopic (exact) mass is 321 g/mol. The van der Waals surface area contributed by atoms with Crippen LogP contribution in [0.15, 0.2) is 0 Å².